The number of carbonyl (C=O) groups excluding carboxylic acids is 1. The summed E-state index contributed by atoms with van der Waals surface area (Å²) in [5.74, 6) is 0.243. The summed E-state index contributed by atoms with van der Waals surface area (Å²) in [5, 5.41) is 0. The minimum Gasteiger partial charge on any atom is -0.493 e. The lowest BCUT2D eigenvalue weighted by atomic mass is 9.87. The number of aromatic nitrogens is 3. The van der Waals surface area contributed by atoms with Gasteiger partial charge in [0.15, 0.2) is 0 Å². The summed E-state index contributed by atoms with van der Waals surface area (Å²) < 4.78 is 49.2. The van der Waals surface area contributed by atoms with Crippen molar-refractivity contribution in [1.29, 1.82) is 0 Å². The molecule has 0 spiro atoms. The van der Waals surface area contributed by atoms with Crippen LogP contribution < -0.4 is 10.3 Å². The maximum absolute atomic E-state index is 13.5. The molecule has 0 bridgehead atoms. The van der Waals surface area contributed by atoms with Gasteiger partial charge in [-0.3, -0.25) is 9.59 Å². The summed E-state index contributed by atoms with van der Waals surface area (Å²) in [7, 11) is 0. The molecule has 1 amide bonds. The Hall–Kier alpha value is -3.56. The van der Waals surface area contributed by atoms with E-state index < -0.39 is 17.2 Å². The van der Waals surface area contributed by atoms with Gasteiger partial charge in [0.25, 0.3) is 11.5 Å². The normalized spacial score (nSPS) is 24.9. The van der Waals surface area contributed by atoms with Crippen molar-refractivity contribution in [1.82, 2.24) is 19.0 Å². The van der Waals surface area contributed by atoms with Gasteiger partial charge in [0, 0.05) is 42.7 Å². The van der Waals surface area contributed by atoms with Crippen LogP contribution in [0.15, 0.2) is 47.7 Å². The summed E-state index contributed by atoms with van der Waals surface area (Å²) in [4.78, 5) is 32.4. The summed E-state index contributed by atoms with van der Waals surface area (Å²) in [6.07, 6.45) is -1.17. The Morgan fingerprint density at radius 3 is 2.69 bits per heavy atom. The molecule has 2 aromatic heterocycles. The Morgan fingerprint density at radius 1 is 1.17 bits per heavy atom. The Labute approximate surface area is 198 Å². The van der Waals surface area contributed by atoms with Crippen LogP contribution in [0.2, 0.25) is 0 Å². The van der Waals surface area contributed by atoms with E-state index in [0.717, 1.165) is 11.8 Å². The van der Waals surface area contributed by atoms with Crippen molar-refractivity contribution in [3.8, 4) is 11.4 Å². The quantitative estimate of drug-likeness (QED) is 0.572. The molecule has 35 heavy (non-hydrogen) atoms. The van der Waals surface area contributed by atoms with Gasteiger partial charge in [-0.25, -0.2) is 4.98 Å². The SMILES string of the molecule is Cc1cn(-c2ccc3n(c2=O)CCN(CC24c5cc(C(F)(F)F)ccc5OC[C@H]2[C@@H]4C)C3=O)cn1. The molecule has 0 N–H and O–H groups in total. The molecule has 3 atom stereocenters. The number of ether oxygens (including phenoxy) is 1. The van der Waals surface area contributed by atoms with E-state index in [9.17, 15) is 22.8 Å². The number of imidazole rings is 1. The predicted molar refractivity (Wildman–Crippen MR) is 120 cm³/mol. The highest BCUT2D eigenvalue weighted by Gasteiger charge is 2.67. The molecule has 10 heteroatoms. The van der Waals surface area contributed by atoms with Crippen LogP contribution in [0.5, 0.6) is 5.75 Å². The van der Waals surface area contributed by atoms with E-state index in [1.165, 1.54) is 16.7 Å². The van der Waals surface area contributed by atoms with Gasteiger partial charge in [0.1, 0.15) is 17.1 Å². The lowest BCUT2D eigenvalue weighted by Crippen LogP contribution is -2.48. The van der Waals surface area contributed by atoms with Crippen LogP contribution in [0.4, 0.5) is 13.2 Å². The summed E-state index contributed by atoms with van der Waals surface area (Å²) in [5.41, 5.74) is 0.367. The third-order valence-corrected chi connectivity index (χ3v) is 7.89. The molecule has 7 nitrogen and oxygen atoms in total. The van der Waals surface area contributed by atoms with Gasteiger partial charge in [0.2, 0.25) is 0 Å². The van der Waals surface area contributed by atoms with E-state index in [1.54, 1.807) is 34.1 Å². The first-order valence-corrected chi connectivity index (χ1v) is 11.5. The van der Waals surface area contributed by atoms with Crippen LogP contribution in [0.25, 0.3) is 5.69 Å². The molecular weight excluding hydrogens is 461 g/mol. The maximum Gasteiger partial charge on any atom is 0.416 e. The van der Waals surface area contributed by atoms with Crippen LogP contribution in [0, 0.1) is 18.8 Å². The highest BCUT2D eigenvalue weighted by Crippen LogP contribution is 2.64. The van der Waals surface area contributed by atoms with Gasteiger partial charge in [-0.15, -0.1) is 0 Å². The van der Waals surface area contributed by atoms with Crippen LogP contribution in [-0.4, -0.2) is 44.6 Å². The first-order chi connectivity index (χ1) is 16.6. The molecule has 3 aliphatic rings. The van der Waals surface area contributed by atoms with E-state index in [0.29, 0.717) is 36.7 Å². The van der Waals surface area contributed by atoms with Gasteiger partial charge in [0.05, 0.1) is 24.2 Å². The summed E-state index contributed by atoms with van der Waals surface area (Å²) in [6.45, 7) is 5.12. The fraction of sp³-hybridized carbons (Fsp3) is 0.400. The second kappa shape index (κ2) is 7.22. The number of aryl methyl sites for hydroxylation is 1. The average molecular weight is 484 g/mol. The zero-order chi connectivity index (χ0) is 24.7. The van der Waals surface area contributed by atoms with Gasteiger partial charge >= 0.3 is 6.18 Å². The summed E-state index contributed by atoms with van der Waals surface area (Å²) in [6, 6.07) is 6.83. The largest absolute Gasteiger partial charge is 0.493 e. The molecule has 4 heterocycles. The molecule has 1 unspecified atom stereocenters. The average Bonchev–Trinajstić information content (AvgIpc) is 3.15. The molecular formula is C25H23F3N4O3. The number of nitrogens with zero attached hydrogens (tertiary/aromatic N) is 4. The zero-order valence-corrected chi connectivity index (χ0v) is 19.2. The Kier molecular flexibility index (Phi) is 4.53. The number of rotatable bonds is 3. The lowest BCUT2D eigenvalue weighted by molar-refractivity contribution is -0.137. The first kappa shape index (κ1) is 21.9. The Bertz CT molecular complexity index is 1430. The molecule has 182 valence electrons. The molecule has 0 saturated heterocycles. The zero-order valence-electron chi connectivity index (χ0n) is 19.2. The number of alkyl halides is 3. The van der Waals surface area contributed by atoms with Crippen molar-refractivity contribution in [3.63, 3.8) is 0 Å². The van der Waals surface area contributed by atoms with E-state index in [4.69, 9.17) is 4.74 Å². The van der Waals surface area contributed by atoms with Crippen molar-refractivity contribution in [2.75, 3.05) is 19.7 Å². The molecule has 6 rings (SSSR count). The molecule has 3 aromatic rings. The van der Waals surface area contributed by atoms with Crippen molar-refractivity contribution in [3.05, 3.63) is 75.7 Å². The predicted octanol–water partition coefficient (Wildman–Crippen LogP) is 3.41. The minimum absolute atomic E-state index is 0.0299. The fourth-order valence-corrected chi connectivity index (χ4v) is 5.86. The third-order valence-electron chi connectivity index (χ3n) is 7.89. The monoisotopic (exact) mass is 484 g/mol. The number of benzene rings is 1. The number of hydrogen-bond donors (Lipinski definition) is 0. The molecule has 1 aromatic carbocycles. The maximum atomic E-state index is 13.5. The number of fused-ring (bicyclic) bond motifs is 4. The highest BCUT2D eigenvalue weighted by molar-refractivity contribution is 5.93. The van der Waals surface area contributed by atoms with E-state index in [-0.39, 0.29) is 35.5 Å². The minimum atomic E-state index is -4.46. The topological polar surface area (TPSA) is 69.4 Å². The smallest absolute Gasteiger partial charge is 0.416 e. The number of amides is 1. The van der Waals surface area contributed by atoms with E-state index in [2.05, 4.69) is 4.98 Å². The highest BCUT2D eigenvalue weighted by atomic mass is 19.4. The summed E-state index contributed by atoms with van der Waals surface area (Å²) >= 11 is 0. The molecule has 1 saturated carbocycles. The van der Waals surface area contributed by atoms with Gasteiger partial charge in [-0.1, -0.05) is 6.92 Å². The molecule has 1 fully saturated rings. The van der Waals surface area contributed by atoms with Gasteiger partial charge < -0.3 is 18.8 Å². The van der Waals surface area contributed by atoms with Crippen molar-refractivity contribution < 1.29 is 22.7 Å². The number of pyridine rings is 1. The van der Waals surface area contributed by atoms with Gasteiger partial charge in [-0.2, -0.15) is 13.2 Å². The van der Waals surface area contributed by atoms with Gasteiger partial charge in [-0.05, 0) is 43.2 Å². The number of halogens is 3. The van der Waals surface area contributed by atoms with Crippen LogP contribution >= 0.6 is 0 Å². The standard InChI is InChI=1S/C25H23F3N4O3/c1-14-10-31(13-29-14)19-4-5-20-22(33)30(7-8-32(20)23(19)34)12-24-15(2)18(24)11-35-21-6-3-16(9-17(21)24)25(26,27)28/h3-6,9-10,13,15,18H,7-8,11-12H2,1-2H3/t15-,18-,24?/m0/s1. The van der Waals surface area contributed by atoms with Crippen LogP contribution in [0.3, 0.4) is 0 Å². The molecule has 0 radical (unpaired) electrons. The first-order valence-electron chi connectivity index (χ1n) is 11.5. The number of carbonyl (C=O) groups is 1. The Balaban J connectivity index is 1.34. The second-order valence-corrected chi connectivity index (χ2v) is 9.66. The second-order valence-electron chi connectivity index (χ2n) is 9.66. The van der Waals surface area contributed by atoms with E-state index in [1.807, 2.05) is 13.8 Å². The lowest BCUT2D eigenvalue weighted by Gasteiger charge is -2.35. The number of hydrogen-bond acceptors (Lipinski definition) is 4. The molecule has 1 aliphatic carbocycles. The fourth-order valence-electron chi connectivity index (χ4n) is 5.86. The third kappa shape index (κ3) is 3.15. The van der Waals surface area contributed by atoms with Crippen LogP contribution in [0.1, 0.15) is 34.2 Å². The van der Waals surface area contributed by atoms with Crippen molar-refractivity contribution in [2.24, 2.45) is 11.8 Å². The Morgan fingerprint density at radius 2 is 1.97 bits per heavy atom. The van der Waals surface area contributed by atoms with E-state index >= 15 is 0 Å². The molecule has 2 aliphatic heterocycles. The van der Waals surface area contributed by atoms with Crippen LogP contribution in [-0.2, 0) is 18.1 Å². The van der Waals surface area contributed by atoms with Crippen molar-refractivity contribution >= 4 is 5.91 Å². The van der Waals surface area contributed by atoms with Crippen molar-refractivity contribution in [2.45, 2.75) is 32.0 Å².